The maximum atomic E-state index is 12.6. The average Bonchev–Trinajstić information content (AvgIpc) is 1.60. The Balaban J connectivity index is 0.000000189. The van der Waals surface area contributed by atoms with Crippen LogP contribution in [-0.4, -0.2) is 160 Å². The van der Waals surface area contributed by atoms with Gasteiger partial charge in [0.05, 0.1) is 19.8 Å². The number of Topliss-reactive ketones (excluding diaryl/α,β-unsaturated/α-hetero) is 1. The van der Waals surface area contributed by atoms with Crippen molar-refractivity contribution in [3.8, 4) is 0 Å². The van der Waals surface area contributed by atoms with E-state index in [1.54, 1.807) is 0 Å². The monoisotopic (exact) mass is 1500 g/mol. The average molecular weight is 1500 g/mol. The van der Waals surface area contributed by atoms with Crippen LogP contribution in [0.3, 0.4) is 0 Å². The SMILES string of the molecule is CC(C)CCCCCCCCCCCCCCCOC(=O)CCCCCN1C(=O)C=CC1=O.O=C(CCCCCN1C(=O)C=CC1=O)CCC1CC2CC1C1CC(CCCCCCCCN3C(=O)C=CC3=O)CC21.O=C(CN1C(=O)C=CC1=O)OCC1CC2C3CC(COC(=O)CN4C(=O)C=CC4=O)C(C3)C2C1. The van der Waals surface area contributed by atoms with Crippen molar-refractivity contribution >= 4 is 82.8 Å². The number of fused-ring (bicyclic) bond motifs is 10. The van der Waals surface area contributed by atoms with Gasteiger partial charge in [-0.25, -0.2) is 0 Å². The first-order valence-corrected chi connectivity index (χ1v) is 41.9. The Morgan fingerprint density at radius 2 is 0.667 bits per heavy atom. The third-order valence-electron chi connectivity index (χ3n) is 25.2. The highest BCUT2D eigenvalue weighted by Gasteiger charge is 2.57. The maximum absolute atomic E-state index is 12.6. The number of ether oxygens (including phenoxy) is 3. The summed E-state index contributed by atoms with van der Waals surface area (Å²) in [6.45, 7) is 6.43. The lowest BCUT2D eigenvalue weighted by Crippen LogP contribution is -2.37. The molecule has 4 bridgehead atoms. The van der Waals surface area contributed by atoms with E-state index in [4.69, 9.17) is 14.2 Å². The van der Waals surface area contributed by atoms with Gasteiger partial charge in [-0.2, -0.15) is 0 Å². The van der Waals surface area contributed by atoms with E-state index in [1.165, 1.54) is 186 Å². The third kappa shape index (κ3) is 25.8. The summed E-state index contributed by atoms with van der Waals surface area (Å²) in [7, 11) is 0. The minimum Gasteiger partial charge on any atom is -0.466 e. The van der Waals surface area contributed by atoms with Crippen LogP contribution in [0, 0.1) is 76.9 Å². The topological polar surface area (TPSA) is 283 Å². The number of ketones is 1. The second-order valence-electron chi connectivity index (χ2n) is 33.3. The van der Waals surface area contributed by atoms with Gasteiger partial charge in [0.1, 0.15) is 18.9 Å². The summed E-state index contributed by atoms with van der Waals surface area (Å²) < 4.78 is 16.1. The number of rotatable bonds is 48. The quantitative estimate of drug-likeness (QED) is 0.0237. The number of hydrogen-bond donors (Lipinski definition) is 0. The van der Waals surface area contributed by atoms with Crippen molar-refractivity contribution in [3.05, 3.63) is 60.8 Å². The zero-order valence-corrected chi connectivity index (χ0v) is 64.7. The van der Waals surface area contributed by atoms with Crippen molar-refractivity contribution in [2.24, 2.45) is 76.9 Å². The van der Waals surface area contributed by atoms with Gasteiger partial charge in [-0.05, 0) is 173 Å². The molecule has 594 valence electrons. The Kier molecular flexibility index (Phi) is 34.2. The van der Waals surface area contributed by atoms with E-state index in [2.05, 4.69) is 13.8 Å². The van der Waals surface area contributed by atoms with Gasteiger partial charge >= 0.3 is 17.9 Å². The van der Waals surface area contributed by atoms with Gasteiger partial charge in [-0.1, -0.05) is 149 Å². The van der Waals surface area contributed by atoms with Crippen LogP contribution in [0.1, 0.15) is 264 Å². The van der Waals surface area contributed by atoms with Crippen LogP contribution in [0.15, 0.2) is 60.8 Å². The molecule has 6 saturated carbocycles. The largest absolute Gasteiger partial charge is 0.466 e. The highest BCUT2D eigenvalue weighted by atomic mass is 16.5. The van der Waals surface area contributed by atoms with E-state index < -0.39 is 35.6 Å². The number of esters is 3. The fourth-order valence-electron chi connectivity index (χ4n) is 19.7. The third-order valence-corrected chi connectivity index (χ3v) is 25.2. The van der Waals surface area contributed by atoms with Crippen molar-refractivity contribution < 1.29 is 81.3 Å². The van der Waals surface area contributed by atoms with E-state index in [9.17, 15) is 67.1 Å². The van der Waals surface area contributed by atoms with Gasteiger partial charge in [-0.3, -0.25) is 91.6 Å². The van der Waals surface area contributed by atoms with E-state index in [0.717, 1.165) is 178 Å². The predicted octanol–water partition coefficient (Wildman–Crippen LogP) is 13.1. The molecule has 22 heteroatoms. The smallest absolute Gasteiger partial charge is 0.326 e. The van der Waals surface area contributed by atoms with E-state index in [1.807, 2.05) is 0 Å². The molecule has 10 amide bonds. The first kappa shape index (κ1) is 84.5. The molecule has 22 nitrogen and oxygen atoms in total. The summed E-state index contributed by atoms with van der Waals surface area (Å²) in [5.74, 6) is 4.58. The van der Waals surface area contributed by atoms with Crippen molar-refractivity contribution in [3.63, 3.8) is 0 Å². The van der Waals surface area contributed by atoms with E-state index in [-0.39, 0.29) is 72.9 Å². The van der Waals surface area contributed by atoms with E-state index >= 15 is 0 Å². The lowest BCUT2D eigenvalue weighted by atomic mass is 9.74. The van der Waals surface area contributed by atoms with Crippen LogP contribution in [0.2, 0.25) is 0 Å². The number of imide groups is 5. The Labute approximate surface area is 640 Å². The number of unbranched alkanes of at least 4 members (excludes halogenated alkanes) is 21. The Bertz CT molecular complexity index is 3220. The molecule has 5 aliphatic heterocycles. The van der Waals surface area contributed by atoms with E-state index in [0.29, 0.717) is 75.1 Å². The number of carbonyl (C=O) groups excluding carboxylic acids is 14. The van der Waals surface area contributed by atoms with Gasteiger partial charge in [0.2, 0.25) is 0 Å². The Morgan fingerprint density at radius 1 is 0.315 bits per heavy atom. The standard InChI is InChI=1S/C34H48N2O5.C28H49NO4.C24H26N2O8/c37-27(11-7-5-9-19-36-33(40)16-17-34(36)41)13-12-25-22-26-23-29(25)30-21-24(20-28(26)30)10-6-3-1-2-4-8-18-35-31(38)14-15-32(35)39;1-25(2)19-15-12-10-8-6-4-3-5-7-9-11-13-18-24-33-28(32)20-16-14-17-23-29-26(30)21-22-27(29)31;27-19-1-2-20(28)25(19)9-23(31)33-11-13-5-16-14-7-15(17(8-14)18(16)6-13)12-34-24(32)10-26-21(29)3-4-22(26)30/h14-17,24-26,28-30H,1-13,18-23H2;21-22,25H,3-20,23-24H2,1-2H3;1-4,13-18H,5-12H2. The molecule has 0 aromatic rings. The molecule has 12 atom stereocenters. The molecule has 12 unspecified atom stereocenters. The molecule has 0 aromatic heterocycles. The van der Waals surface area contributed by atoms with Crippen LogP contribution in [0.5, 0.6) is 0 Å². The fraction of sp³-hybridized carbons (Fsp3) is 0.721. The molecule has 0 spiro atoms. The van der Waals surface area contributed by atoms with Crippen LogP contribution in [-0.2, 0) is 81.3 Å². The van der Waals surface area contributed by atoms with Gasteiger partial charge < -0.3 is 14.2 Å². The van der Waals surface area contributed by atoms with Gasteiger partial charge in [0.15, 0.2) is 0 Å². The molecule has 6 fully saturated rings. The highest BCUT2D eigenvalue weighted by Crippen LogP contribution is 2.64. The molecule has 108 heavy (non-hydrogen) atoms. The fourth-order valence-corrected chi connectivity index (χ4v) is 19.7. The first-order chi connectivity index (χ1) is 52.2. The normalized spacial score (nSPS) is 26.0. The molecule has 6 aliphatic carbocycles. The van der Waals surface area contributed by atoms with Crippen LogP contribution in [0.25, 0.3) is 0 Å². The second kappa shape index (κ2) is 43.8. The lowest BCUT2D eigenvalue weighted by molar-refractivity contribution is -0.153. The van der Waals surface area contributed by atoms with Crippen molar-refractivity contribution in [2.45, 2.75) is 264 Å². The molecule has 0 radical (unpaired) electrons. The molecule has 0 N–H and O–H groups in total. The molecule has 0 saturated heterocycles. The van der Waals surface area contributed by atoms with Crippen LogP contribution < -0.4 is 0 Å². The maximum Gasteiger partial charge on any atom is 0.326 e. The first-order valence-electron chi connectivity index (χ1n) is 41.9. The number of nitrogens with zero attached hydrogens (tertiary/aromatic N) is 5. The van der Waals surface area contributed by atoms with Gasteiger partial charge in [0.25, 0.3) is 59.1 Å². The summed E-state index contributed by atoms with van der Waals surface area (Å²) in [6, 6.07) is 0. The second-order valence-corrected chi connectivity index (χ2v) is 33.3. The number of hydrogen-bond acceptors (Lipinski definition) is 17. The molecule has 5 heterocycles. The number of amides is 10. The van der Waals surface area contributed by atoms with Crippen LogP contribution in [0.4, 0.5) is 0 Å². The van der Waals surface area contributed by atoms with Crippen molar-refractivity contribution in [1.29, 1.82) is 0 Å². The highest BCUT2D eigenvalue weighted by molar-refractivity contribution is 6.16. The Morgan fingerprint density at radius 3 is 1.13 bits per heavy atom. The van der Waals surface area contributed by atoms with Crippen molar-refractivity contribution in [2.75, 3.05) is 52.5 Å². The van der Waals surface area contributed by atoms with Gasteiger partial charge in [-0.15, -0.1) is 0 Å². The van der Waals surface area contributed by atoms with Crippen LogP contribution >= 0.6 is 0 Å². The summed E-state index contributed by atoms with van der Waals surface area (Å²) in [5.41, 5.74) is 0. The molecule has 11 rings (SSSR count). The minimum atomic E-state index is -0.583. The minimum absolute atomic E-state index is 0.134. The van der Waals surface area contributed by atoms with Crippen molar-refractivity contribution in [1.82, 2.24) is 24.5 Å². The van der Waals surface area contributed by atoms with Gasteiger partial charge in [0, 0.05) is 99.7 Å². The summed E-state index contributed by atoms with van der Waals surface area (Å²) in [6.07, 6.45) is 56.7. The Hall–Kier alpha value is -7.52. The zero-order valence-electron chi connectivity index (χ0n) is 64.7. The molecular formula is C86H123N5O17. The molecule has 0 aromatic carbocycles. The summed E-state index contributed by atoms with van der Waals surface area (Å²) in [5, 5.41) is 0. The lowest BCUT2D eigenvalue weighted by Gasteiger charge is -2.31. The zero-order chi connectivity index (χ0) is 76.9. The molecular weight excluding hydrogens is 1370 g/mol. The number of carbonyl (C=O) groups is 14. The molecule has 11 aliphatic rings. The predicted molar refractivity (Wildman–Crippen MR) is 404 cm³/mol. The summed E-state index contributed by atoms with van der Waals surface area (Å²) in [4.78, 5) is 170. The summed E-state index contributed by atoms with van der Waals surface area (Å²) >= 11 is 0.